The van der Waals surface area contributed by atoms with Crippen LogP contribution in [-0.4, -0.2) is 0 Å². The molecule has 6 nitrogen and oxygen atoms in total. The molecule has 6 rings (SSSR count). The Morgan fingerprint density at radius 1 is 0.460 bits per heavy atom. The van der Waals surface area contributed by atoms with Crippen LogP contribution in [0.5, 0.6) is 0 Å². The van der Waals surface area contributed by atoms with Gasteiger partial charge in [0.15, 0.2) is 0 Å². The molecule has 0 unspecified atom stereocenters. The molecule has 0 atom stereocenters. The molecule has 2 aliphatic carbocycles. The fourth-order valence-corrected chi connectivity index (χ4v) is 6.44. The molecule has 2 aliphatic rings. The van der Waals surface area contributed by atoms with E-state index in [1.165, 1.54) is 60.7 Å². The first kappa shape index (κ1) is 32.6. The second kappa shape index (κ2) is 11.7. The van der Waals surface area contributed by atoms with E-state index in [0.717, 1.165) is 24.3 Å². The van der Waals surface area contributed by atoms with Crippen LogP contribution in [0.4, 0.5) is 26.3 Å². The zero-order chi connectivity index (χ0) is 36.1. The largest absolute Gasteiger partial charge is 0.417 e. The Balaban J connectivity index is 1.72. The highest BCUT2D eigenvalue weighted by Gasteiger charge is 2.43. The molecule has 0 aliphatic heterocycles. The summed E-state index contributed by atoms with van der Waals surface area (Å²) in [5.41, 5.74) is -3.27. The van der Waals surface area contributed by atoms with Gasteiger partial charge in [-0.05, 0) is 57.6 Å². The molecule has 12 heteroatoms. The summed E-state index contributed by atoms with van der Waals surface area (Å²) in [7, 11) is 0. The quantitative estimate of drug-likeness (QED) is 0.154. The minimum absolute atomic E-state index is 0.0142. The van der Waals surface area contributed by atoms with Crippen molar-refractivity contribution >= 4 is 22.3 Å². The number of alkyl halides is 6. The second-order valence-corrected chi connectivity index (χ2v) is 10.9. The van der Waals surface area contributed by atoms with E-state index < -0.39 is 45.8 Å². The molecule has 0 heterocycles. The number of allylic oxidation sites excluding steroid dienone is 6. The van der Waals surface area contributed by atoms with Crippen LogP contribution in [-0.2, 0) is 12.4 Å². The lowest BCUT2D eigenvalue weighted by Gasteiger charge is -2.19. The number of fused-ring (bicyclic) bond motifs is 4. The van der Waals surface area contributed by atoms with Gasteiger partial charge in [-0.15, -0.1) is 0 Å². The smallest absolute Gasteiger partial charge is 0.192 e. The molecule has 0 spiro atoms. The van der Waals surface area contributed by atoms with Gasteiger partial charge in [0.05, 0.1) is 34.4 Å². The van der Waals surface area contributed by atoms with Gasteiger partial charge in [-0.3, -0.25) is 0 Å². The predicted molar refractivity (Wildman–Crippen MR) is 166 cm³/mol. The van der Waals surface area contributed by atoms with Gasteiger partial charge in [-0.2, -0.15) is 57.9 Å². The zero-order valence-corrected chi connectivity index (χ0v) is 24.9. The molecule has 4 aromatic rings. The van der Waals surface area contributed by atoms with E-state index >= 15 is 0 Å². The van der Waals surface area contributed by atoms with Crippen molar-refractivity contribution in [2.24, 2.45) is 0 Å². The number of benzene rings is 4. The van der Waals surface area contributed by atoms with Gasteiger partial charge >= 0.3 is 12.4 Å². The number of nitriles is 6. The van der Waals surface area contributed by atoms with Gasteiger partial charge in [-0.1, -0.05) is 48.5 Å². The number of hydrogen-bond donors (Lipinski definition) is 0. The summed E-state index contributed by atoms with van der Waals surface area (Å²) in [6.07, 6.45) is -9.81. The van der Waals surface area contributed by atoms with Crippen LogP contribution in [0.15, 0.2) is 83.9 Å². The summed E-state index contributed by atoms with van der Waals surface area (Å²) in [6, 6.07) is 25.4. The Kier molecular flexibility index (Phi) is 7.62. The SMILES string of the molecule is N#CC(C#N)=C1C2=C(C(=C(C#N)C#N)c3c2cccc3-c2ccc(C#N)c(C(F)(F)F)c2)c2cccc(-c3ccc(C#N)c(C(F)(F)F)c3)c21. The van der Waals surface area contributed by atoms with Crippen LogP contribution in [0.1, 0.15) is 44.5 Å². The van der Waals surface area contributed by atoms with E-state index in [1.807, 2.05) is 24.3 Å². The maximum atomic E-state index is 14.0. The third kappa shape index (κ3) is 4.85. The van der Waals surface area contributed by atoms with Crippen LogP contribution in [0.25, 0.3) is 44.5 Å². The minimum Gasteiger partial charge on any atom is -0.192 e. The summed E-state index contributed by atoms with van der Waals surface area (Å²) in [5, 5.41) is 59.2. The number of nitrogens with zero attached hydrogens (tertiary/aromatic N) is 6. The maximum Gasteiger partial charge on any atom is 0.417 e. The zero-order valence-electron chi connectivity index (χ0n) is 24.9. The molecule has 0 saturated heterocycles. The van der Waals surface area contributed by atoms with Crippen LogP contribution in [0.3, 0.4) is 0 Å². The lowest BCUT2D eigenvalue weighted by atomic mass is 9.83. The number of rotatable bonds is 2. The molecule has 0 N–H and O–H groups in total. The van der Waals surface area contributed by atoms with E-state index in [9.17, 15) is 57.9 Å². The Labute approximate surface area is 279 Å². The van der Waals surface area contributed by atoms with Crippen molar-refractivity contribution < 1.29 is 26.3 Å². The molecule has 0 bridgehead atoms. The van der Waals surface area contributed by atoms with Gasteiger partial charge < -0.3 is 0 Å². The summed E-state index contributed by atoms with van der Waals surface area (Å²) in [6.45, 7) is 0. The predicted octanol–water partition coefficient (Wildman–Crippen LogP) is 9.34. The van der Waals surface area contributed by atoms with E-state index in [-0.39, 0.29) is 66.8 Å². The molecule has 4 aromatic carbocycles. The number of halogens is 6. The third-order valence-electron chi connectivity index (χ3n) is 8.38. The molecule has 50 heavy (non-hydrogen) atoms. The first-order chi connectivity index (χ1) is 23.8. The van der Waals surface area contributed by atoms with E-state index in [1.54, 1.807) is 0 Å². The average molecular weight is 667 g/mol. The van der Waals surface area contributed by atoms with Gasteiger partial charge in [0.25, 0.3) is 0 Å². The molecule has 0 amide bonds. The van der Waals surface area contributed by atoms with Crippen molar-refractivity contribution in [2.75, 3.05) is 0 Å². The molecule has 236 valence electrons. The molecular formula is C38H12F6N6. The van der Waals surface area contributed by atoms with Crippen molar-refractivity contribution in [2.45, 2.75) is 12.4 Å². The summed E-state index contributed by atoms with van der Waals surface area (Å²) in [5.74, 6) is 0. The van der Waals surface area contributed by atoms with Crippen molar-refractivity contribution in [3.8, 4) is 58.7 Å². The monoisotopic (exact) mass is 666 g/mol. The topological polar surface area (TPSA) is 143 Å². The molecule has 0 saturated carbocycles. The minimum atomic E-state index is -4.90. The van der Waals surface area contributed by atoms with Gasteiger partial charge in [0, 0.05) is 33.4 Å². The summed E-state index contributed by atoms with van der Waals surface area (Å²) >= 11 is 0. The molecule has 0 radical (unpaired) electrons. The normalized spacial score (nSPS) is 12.7. The van der Waals surface area contributed by atoms with Crippen LogP contribution in [0, 0.1) is 68.0 Å². The Hall–Kier alpha value is -7.38. The molecular weight excluding hydrogens is 654 g/mol. The Morgan fingerprint density at radius 3 is 1.10 bits per heavy atom. The van der Waals surface area contributed by atoms with Crippen LogP contribution >= 0.6 is 0 Å². The molecule has 0 aromatic heterocycles. The summed E-state index contributed by atoms with van der Waals surface area (Å²) in [4.78, 5) is 0. The van der Waals surface area contributed by atoms with Crippen LogP contribution < -0.4 is 0 Å². The highest BCUT2D eigenvalue weighted by Crippen LogP contribution is 2.62. The van der Waals surface area contributed by atoms with Gasteiger partial charge in [-0.25, -0.2) is 0 Å². The first-order valence-corrected chi connectivity index (χ1v) is 14.2. The maximum absolute atomic E-state index is 14.0. The van der Waals surface area contributed by atoms with Crippen molar-refractivity contribution in [1.29, 1.82) is 31.6 Å². The molecule has 0 fully saturated rings. The number of hydrogen-bond acceptors (Lipinski definition) is 6. The van der Waals surface area contributed by atoms with Crippen molar-refractivity contribution in [3.05, 3.63) is 128 Å². The van der Waals surface area contributed by atoms with Crippen molar-refractivity contribution in [3.63, 3.8) is 0 Å². The van der Waals surface area contributed by atoms with Crippen LogP contribution in [0.2, 0.25) is 0 Å². The lowest BCUT2D eigenvalue weighted by molar-refractivity contribution is -0.138. The lowest BCUT2D eigenvalue weighted by Crippen LogP contribution is -2.08. The fraction of sp³-hybridized carbons (Fsp3) is 0.0526. The Bertz CT molecular complexity index is 2370. The third-order valence-corrected chi connectivity index (χ3v) is 8.38. The first-order valence-electron chi connectivity index (χ1n) is 14.2. The standard InChI is InChI=1S/C38H12F6N6/c39-37(40,41)29-11-19(7-9-21(29)13-45)25-3-1-5-27-33(25)31(23(15-47)16-48)36-28-6-2-4-26(34(28)32(35(27)36)24(17-49)18-50)20-8-10-22(14-46)30(12-20)38(42,43)44/h1-12H. The average Bonchev–Trinajstić information content (AvgIpc) is 3.61. The Morgan fingerprint density at radius 2 is 0.800 bits per heavy atom. The van der Waals surface area contributed by atoms with Gasteiger partial charge in [0.1, 0.15) is 35.4 Å². The highest BCUT2D eigenvalue weighted by atomic mass is 19.4. The van der Waals surface area contributed by atoms with E-state index in [4.69, 9.17) is 0 Å². The highest BCUT2D eigenvalue weighted by molar-refractivity contribution is 6.39. The summed E-state index contributed by atoms with van der Waals surface area (Å²) < 4.78 is 84.0. The fourth-order valence-electron chi connectivity index (χ4n) is 6.44. The second-order valence-electron chi connectivity index (χ2n) is 10.9. The van der Waals surface area contributed by atoms with Crippen molar-refractivity contribution in [1.82, 2.24) is 0 Å². The van der Waals surface area contributed by atoms with Gasteiger partial charge in [0.2, 0.25) is 0 Å². The van der Waals surface area contributed by atoms with E-state index in [2.05, 4.69) is 0 Å². The van der Waals surface area contributed by atoms with E-state index in [0.29, 0.717) is 0 Å².